The zero-order valence-electron chi connectivity index (χ0n) is 16.6. The van der Waals surface area contributed by atoms with E-state index < -0.39 is 15.1 Å². The van der Waals surface area contributed by atoms with Crippen LogP contribution in [0, 0.1) is 0 Å². The summed E-state index contributed by atoms with van der Waals surface area (Å²) in [7, 11) is -3.31. The van der Waals surface area contributed by atoms with Gasteiger partial charge in [0.1, 0.15) is 11.3 Å². The van der Waals surface area contributed by atoms with Crippen molar-refractivity contribution in [2.24, 2.45) is 0 Å². The van der Waals surface area contributed by atoms with Crippen LogP contribution in [0.5, 0.6) is 0 Å². The number of H-pyrrole nitrogens is 1. The molecule has 1 amide bonds. The molecule has 6 nitrogen and oxygen atoms in total. The van der Waals surface area contributed by atoms with E-state index in [0.29, 0.717) is 21.9 Å². The lowest BCUT2D eigenvalue weighted by Crippen LogP contribution is -2.13. The van der Waals surface area contributed by atoms with Crippen molar-refractivity contribution in [3.63, 3.8) is 0 Å². The molecule has 4 aromatic rings. The number of para-hydroxylation sites is 1. The van der Waals surface area contributed by atoms with Gasteiger partial charge >= 0.3 is 0 Å². The molecule has 152 valence electrons. The Morgan fingerprint density at radius 1 is 0.967 bits per heavy atom. The van der Waals surface area contributed by atoms with Crippen molar-refractivity contribution in [3.8, 4) is 11.1 Å². The van der Waals surface area contributed by atoms with E-state index in [2.05, 4.69) is 15.3 Å². The van der Waals surface area contributed by atoms with Crippen LogP contribution in [0.3, 0.4) is 0 Å². The second kappa shape index (κ2) is 7.76. The summed E-state index contributed by atoms with van der Waals surface area (Å²) >= 11 is 0. The van der Waals surface area contributed by atoms with Crippen molar-refractivity contribution in [1.29, 1.82) is 0 Å². The van der Waals surface area contributed by atoms with Gasteiger partial charge in [-0.15, -0.1) is 0 Å². The molecule has 2 N–H and O–H groups in total. The first kappa shape index (κ1) is 19.8. The Morgan fingerprint density at radius 2 is 1.67 bits per heavy atom. The summed E-state index contributed by atoms with van der Waals surface area (Å²) in [6.07, 6.45) is 1.70. The lowest BCUT2D eigenvalue weighted by Gasteiger charge is -2.08. The van der Waals surface area contributed by atoms with Crippen molar-refractivity contribution in [2.45, 2.75) is 24.0 Å². The number of benzene rings is 2. The smallest absolute Gasteiger partial charge is 0.272 e. The molecular formula is C23H21N3O3S. The van der Waals surface area contributed by atoms with Gasteiger partial charge in [0.05, 0.1) is 10.1 Å². The Hall–Kier alpha value is -3.45. The molecule has 0 aliphatic rings. The van der Waals surface area contributed by atoms with E-state index in [9.17, 15) is 13.2 Å². The number of sulfone groups is 1. The van der Waals surface area contributed by atoms with Gasteiger partial charge in [-0.1, -0.05) is 30.3 Å². The molecule has 0 radical (unpaired) electrons. The maximum Gasteiger partial charge on any atom is 0.272 e. The lowest BCUT2D eigenvalue weighted by atomic mass is 10.1. The number of hydrogen-bond acceptors (Lipinski definition) is 4. The van der Waals surface area contributed by atoms with Crippen LogP contribution in [-0.4, -0.2) is 29.5 Å². The average molecular weight is 420 g/mol. The third-order valence-corrected chi connectivity index (χ3v) is 7.05. The number of nitrogens with one attached hydrogen (secondary N) is 2. The molecule has 0 saturated carbocycles. The number of amides is 1. The highest BCUT2D eigenvalue weighted by molar-refractivity contribution is 7.92. The predicted molar refractivity (Wildman–Crippen MR) is 118 cm³/mol. The lowest BCUT2D eigenvalue weighted by molar-refractivity contribution is 0.102. The van der Waals surface area contributed by atoms with Crippen LogP contribution in [0.2, 0.25) is 0 Å². The highest BCUT2D eigenvalue weighted by Gasteiger charge is 2.19. The summed E-state index contributed by atoms with van der Waals surface area (Å²) in [4.78, 5) is 20.2. The third-order valence-electron chi connectivity index (χ3n) is 4.88. The summed E-state index contributed by atoms with van der Waals surface area (Å²) in [6.45, 7) is 3.33. The van der Waals surface area contributed by atoms with Crippen LogP contribution < -0.4 is 5.32 Å². The average Bonchev–Trinajstić information content (AvgIpc) is 3.18. The fourth-order valence-electron chi connectivity index (χ4n) is 3.12. The first-order valence-electron chi connectivity index (χ1n) is 9.54. The molecule has 0 bridgehead atoms. The Labute approximate surface area is 174 Å². The van der Waals surface area contributed by atoms with Crippen LogP contribution in [0.1, 0.15) is 24.3 Å². The molecule has 0 fully saturated rings. The summed E-state index contributed by atoms with van der Waals surface area (Å²) < 4.78 is 24.6. The van der Waals surface area contributed by atoms with Crippen LogP contribution >= 0.6 is 0 Å². The SMILES string of the molecule is CC(C)S(=O)(=O)c1ccc(-c2cnc3[nH]c(C(=O)Nc4ccccc4)cc3c2)cc1. The second-order valence-corrected chi connectivity index (χ2v) is 9.79. The van der Waals surface area contributed by atoms with Crippen molar-refractivity contribution < 1.29 is 13.2 Å². The molecule has 4 rings (SSSR count). The minimum Gasteiger partial charge on any atom is -0.335 e. The molecule has 2 aromatic heterocycles. The van der Waals surface area contributed by atoms with E-state index in [1.165, 1.54) is 0 Å². The molecule has 2 heterocycles. The largest absolute Gasteiger partial charge is 0.335 e. The van der Waals surface area contributed by atoms with Crippen molar-refractivity contribution in [2.75, 3.05) is 5.32 Å². The van der Waals surface area contributed by atoms with Gasteiger partial charge in [-0.25, -0.2) is 13.4 Å². The normalized spacial score (nSPS) is 11.7. The Bertz CT molecular complexity index is 1310. The molecule has 2 aromatic carbocycles. The zero-order valence-corrected chi connectivity index (χ0v) is 17.4. The number of aromatic nitrogens is 2. The first-order chi connectivity index (χ1) is 14.3. The molecule has 0 atom stereocenters. The van der Waals surface area contributed by atoms with Gasteiger partial charge < -0.3 is 10.3 Å². The Balaban J connectivity index is 1.60. The van der Waals surface area contributed by atoms with Gasteiger partial charge in [-0.3, -0.25) is 4.79 Å². The van der Waals surface area contributed by atoms with Crippen LogP contribution in [0.15, 0.2) is 77.8 Å². The van der Waals surface area contributed by atoms with Crippen LogP contribution in [-0.2, 0) is 9.84 Å². The van der Waals surface area contributed by atoms with E-state index in [1.54, 1.807) is 50.4 Å². The number of pyridine rings is 1. The van der Waals surface area contributed by atoms with E-state index in [4.69, 9.17) is 0 Å². The number of fused-ring (bicyclic) bond motifs is 1. The minimum absolute atomic E-state index is 0.246. The monoisotopic (exact) mass is 419 g/mol. The highest BCUT2D eigenvalue weighted by Crippen LogP contribution is 2.26. The fraction of sp³-hybridized carbons (Fsp3) is 0.130. The molecular weight excluding hydrogens is 398 g/mol. The summed E-state index contributed by atoms with van der Waals surface area (Å²) in [6, 6.07) is 19.7. The number of carbonyl (C=O) groups is 1. The van der Waals surface area contributed by atoms with E-state index in [0.717, 1.165) is 16.5 Å². The molecule has 0 saturated heterocycles. The zero-order chi connectivity index (χ0) is 21.3. The quantitative estimate of drug-likeness (QED) is 0.492. The third kappa shape index (κ3) is 3.84. The molecule has 0 aliphatic heterocycles. The van der Waals surface area contributed by atoms with Gasteiger partial charge in [0.2, 0.25) is 0 Å². The van der Waals surface area contributed by atoms with Gasteiger partial charge in [-0.05, 0) is 55.8 Å². The summed E-state index contributed by atoms with van der Waals surface area (Å²) in [5, 5.41) is 3.17. The van der Waals surface area contributed by atoms with E-state index in [-0.39, 0.29) is 5.91 Å². The number of rotatable bonds is 5. The van der Waals surface area contributed by atoms with Gasteiger partial charge in [0.25, 0.3) is 5.91 Å². The van der Waals surface area contributed by atoms with Gasteiger partial charge in [0, 0.05) is 22.8 Å². The van der Waals surface area contributed by atoms with Crippen molar-refractivity contribution in [3.05, 3.63) is 78.6 Å². The van der Waals surface area contributed by atoms with Gasteiger partial charge in [0.15, 0.2) is 9.84 Å². The summed E-state index contributed by atoms with van der Waals surface area (Å²) in [5.74, 6) is -0.246. The number of hydrogen-bond donors (Lipinski definition) is 2. The molecule has 0 spiro atoms. The van der Waals surface area contributed by atoms with E-state index >= 15 is 0 Å². The topological polar surface area (TPSA) is 91.9 Å². The minimum atomic E-state index is -3.31. The standard InChI is InChI=1S/C23H21N3O3S/c1-15(2)30(28,29)20-10-8-16(9-11-20)18-12-17-13-21(26-22(17)24-14-18)23(27)25-19-6-4-3-5-7-19/h3-15H,1-2H3,(H,24,26)(H,25,27). The summed E-state index contributed by atoms with van der Waals surface area (Å²) in [5.41, 5.74) is 3.42. The number of anilines is 1. The number of carbonyl (C=O) groups excluding carboxylic acids is 1. The molecule has 30 heavy (non-hydrogen) atoms. The van der Waals surface area contributed by atoms with Crippen molar-refractivity contribution >= 4 is 32.5 Å². The molecule has 7 heteroatoms. The highest BCUT2D eigenvalue weighted by atomic mass is 32.2. The first-order valence-corrected chi connectivity index (χ1v) is 11.1. The fourth-order valence-corrected chi connectivity index (χ4v) is 4.18. The van der Waals surface area contributed by atoms with Crippen LogP contribution in [0.25, 0.3) is 22.2 Å². The Morgan fingerprint density at radius 3 is 2.33 bits per heavy atom. The van der Waals surface area contributed by atoms with Crippen LogP contribution in [0.4, 0.5) is 5.69 Å². The van der Waals surface area contributed by atoms with Gasteiger partial charge in [-0.2, -0.15) is 0 Å². The Kier molecular flexibility index (Phi) is 5.13. The predicted octanol–water partition coefficient (Wildman–Crippen LogP) is 4.66. The molecule has 0 aliphatic carbocycles. The molecule has 0 unspecified atom stereocenters. The van der Waals surface area contributed by atoms with Crippen molar-refractivity contribution in [1.82, 2.24) is 9.97 Å². The maximum atomic E-state index is 12.5. The van der Waals surface area contributed by atoms with E-state index in [1.807, 2.05) is 36.4 Å². The number of nitrogens with zero attached hydrogens (tertiary/aromatic N) is 1. The second-order valence-electron chi connectivity index (χ2n) is 7.28. The number of aromatic amines is 1. The maximum absolute atomic E-state index is 12.5.